The first-order valence-electron chi connectivity index (χ1n) is 9.23. The zero-order chi connectivity index (χ0) is 18.1. The van der Waals surface area contributed by atoms with E-state index in [0.29, 0.717) is 5.92 Å². The molecule has 2 fully saturated rings. The molecule has 26 heavy (non-hydrogen) atoms. The molecule has 0 saturated carbocycles. The first-order valence-corrected chi connectivity index (χ1v) is 10.1. The number of hydrogen-bond donors (Lipinski definition) is 0. The Labute approximate surface area is 158 Å². The first kappa shape index (κ1) is 17.8. The summed E-state index contributed by atoms with van der Waals surface area (Å²) in [6.45, 7) is 6.09. The zero-order valence-electron chi connectivity index (χ0n) is 15.4. The van der Waals surface area contributed by atoms with Crippen molar-refractivity contribution in [3.63, 3.8) is 0 Å². The molecule has 5 nitrogen and oxygen atoms in total. The molecule has 0 aliphatic carbocycles. The number of rotatable bonds is 5. The molecule has 1 spiro atoms. The number of amides is 1. The van der Waals surface area contributed by atoms with Gasteiger partial charge in [0.1, 0.15) is 11.4 Å². The van der Waals surface area contributed by atoms with Gasteiger partial charge < -0.3 is 14.1 Å². The van der Waals surface area contributed by atoms with Gasteiger partial charge in [0.25, 0.3) is 5.91 Å². The van der Waals surface area contributed by atoms with Crippen molar-refractivity contribution in [3.8, 4) is 0 Å². The lowest BCUT2D eigenvalue weighted by atomic mass is 9.82. The summed E-state index contributed by atoms with van der Waals surface area (Å²) in [7, 11) is 2.13. The molecule has 0 unspecified atom stereocenters. The predicted octanol–water partition coefficient (Wildman–Crippen LogP) is 3.40. The molecular weight excluding hydrogens is 348 g/mol. The van der Waals surface area contributed by atoms with Crippen molar-refractivity contribution < 1.29 is 13.9 Å². The zero-order valence-corrected chi connectivity index (χ0v) is 16.3. The average Bonchev–Trinajstić information content (AvgIpc) is 3.24. The van der Waals surface area contributed by atoms with E-state index in [-0.39, 0.29) is 11.5 Å². The largest absolute Gasteiger partial charge is 0.468 e. The second kappa shape index (κ2) is 7.18. The summed E-state index contributed by atoms with van der Waals surface area (Å²) in [4.78, 5) is 17.7. The maximum atomic E-state index is 12.6. The van der Waals surface area contributed by atoms with Gasteiger partial charge in [-0.15, -0.1) is 11.3 Å². The Morgan fingerprint density at radius 2 is 2.27 bits per heavy atom. The molecule has 2 saturated heterocycles. The highest BCUT2D eigenvalue weighted by atomic mass is 32.1. The second-order valence-corrected chi connectivity index (χ2v) is 8.68. The standard InChI is InChI=1S/C20H26N2O3S/c1-15-6-9-26-18(15)19(23)22-13-20(14-22)7-5-16(12-25-20)10-21(2)11-17-4-3-8-24-17/h3-4,6,8-9,16H,5,7,10-14H2,1-2H3/t16-/m0/s1. The number of carbonyl (C=O) groups excluding carboxylic acids is 1. The minimum Gasteiger partial charge on any atom is -0.468 e. The Morgan fingerprint density at radius 1 is 1.42 bits per heavy atom. The SMILES string of the molecule is Cc1ccsc1C(=O)N1CC2(CC[C@@H](CN(C)Cc3ccco3)CO2)C1. The van der Waals surface area contributed by atoms with Gasteiger partial charge in [0.15, 0.2) is 0 Å². The van der Waals surface area contributed by atoms with Crippen molar-refractivity contribution in [1.29, 1.82) is 0 Å². The summed E-state index contributed by atoms with van der Waals surface area (Å²) >= 11 is 1.53. The molecule has 6 heteroatoms. The number of furan rings is 1. The van der Waals surface area contributed by atoms with Gasteiger partial charge in [0.05, 0.1) is 37.4 Å². The van der Waals surface area contributed by atoms with Gasteiger partial charge in [0, 0.05) is 6.54 Å². The van der Waals surface area contributed by atoms with Gasteiger partial charge >= 0.3 is 0 Å². The van der Waals surface area contributed by atoms with E-state index < -0.39 is 0 Å². The van der Waals surface area contributed by atoms with E-state index in [1.54, 1.807) is 6.26 Å². The molecule has 0 bridgehead atoms. The predicted molar refractivity (Wildman–Crippen MR) is 101 cm³/mol. The number of thiophene rings is 1. The lowest BCUT2D eigenvalue weighted by molar-refractivity contribution is -0.168. The fourth-order valence-electron chi connectivity index (χ4n) is 4.01. The van der Waals surface area contributed by atoms with Crippen LogP contribution in [0.4, 0.5) is 0 Å². The summed E-state index contributed by atoms with van der Waals surface area (Å²) < 4.78 is 11.7. The molecule has 2 aromatic rings. The van der Waals surface area contributed by atoms with Crippen LogP contribution in [0.5, 0.6) is 0 Å². The van der Waals surface area contributed by atoms with Crippen LogP contribution in [0.2, 0.25) is 0 Å². The highest BCUT2D eigenvalue weighted by Crippen LogP contribution is 2.37. The van der Waals surface area contributed by atoms with E-state index in [0.717, 1.165) is 61.8 Å². The van der Waals surface area contributed by atoms with Crippen molar-refractivity contribution in [2.45, 2.75) is 31.9 Å². The topological polar surface area (TPSA) is 45.9 Å². The Balaban J connectivity index is 1.23. The van der Waals surface area contributed by atoms with Crippen LogP contribution in [0.15, 0.2) is 34.3 Å². The average molecular weight is 375 g/mol. The van der Waals surface area contributed by atoms with Gasteiger partial charge in [-0.05, 0) is 61.9 Å². The van der Waals surface area contributed by atoms with Crippen LogP contribution in [0, 0.1) is 12.8 Å². The van der Waals surface area contributed by atoms with Crippen LogP contribution in [0.1, 0.15) is 33.8 Å². The van der Waals surface area contributed by atoms with Crippen molar-refractivity contribution in [1.82, 2.24) is 9.80 Å². The summed E-state index contributed by atoms with van der Waals surface area (Å²) in [6.07, 6.45) is 3.92. The van der Waals surface area contributed by atoms with Gasteiger partial charge in [-0.2, -0.15) is 0 Å². The molecule has 2 aliphatic heterocycles. The third-order valence-electron chi connectivity index (χ3n) is 5.51. The van der Waals surface area contributed by atoms with E-state index in [1.165, 1.54) is 11.3 Å². The monoisotopic (exact) mass is 374 g/mol. The van der Waals surface area contributed by atoms with Crippen LogP contribution in [-0.2, 0) is 11.3 Å². The van der Waals surface area contributed by atoms with Crippen molar-refractivity contribution in [2.24, 2.45) is 5.92 Å². The van der Waals surface area contributed by atoms with E-state index in [1.807, 2.05) is 35.4 Å². The van der Waals surface area contributed by atoms with E-state index in [4.69, 9.17) is 9.15 Å². The first-order chi connectivity index (χ1) is 12.5. The number of likely N-dealkylation sites (tertiary alicyclic amines) is 1. The van der Waals surface area contributed by atoms with Crippen LogP contribution < -0.4 is 0 Å². The maximum Gasteiger partial charge on any atom is 0.264 e. The van der Waals surface area contributed by atoms with Gasteiger partial charge in [-0.25, -0.2) is 0 Å². The van der Waals surface area contributed by atoms with Crippen molar-refractivity contribution in [2.75, 3.05) is 33.3 Å². The molecule has 1 amide bonds. The molecule has 0 N–H and O–H groups in total. The number of nitrogens with zero attached hydrogens (tertiary/aromatic N) is 2. The summed E-state index contributed by atoms with van der Waals surface area (Å²) in [5, 5.41) is 1.99. The van der Waals surface area contributed by atoms with E-state index in [2.05, 4.69) is 11.9 Å². The molecule has 0 radical (unpaired) electrons. The highest BCUT2D eigenvalue weighted by Gasteiger charge is 2.48. The Morgan fingerprint density at radius 3 is 2.88 bits per heavy atom. The van der Waals surface area contributed by atoms with Gasteiger partial charge in [-0.3, -0.25) is 9.69 Å². The Kier molecular flexibility index (Phi) is 4.90. The van der Waals surface area contributed by atoms with Crippen LogP contribution in [0.25, 0.3) is 0 Å². The van der Waals surface area contributed by atoms with Gasteiger partial charge in [-0.1, -0.05) is 0 Å². The molecule has 4 heterocycles. The van der Waals surface area contributed by atoms with Crippen molar-refractivity contribution >= 4 is 17.2 Å². The minimum atomic E-state index is -0.100. The normalized spacial score (nSPS) is 22.0. The fraction of sp³-hybridized carbons (Fsp3) is 0.550. The fourth-order valence-corrected chi connectivity index (χ4v) is 4.91. The van der Waals surface area contributed by atoms with Crippen LogP contribution in [0.3, 0.4) is 0 Å². The van der Waals surface area contributed by atoms with Gasteiger partial charge in [0.2, 0.25) is 0 Å². The van der Waals surface area contributed by atoms with Crippen LogP contribution in [-0.4, -0.2) is 54.6 Å². The molecule has 1 atom stereocenters. The summed E-state index contributed by atoms with van der Waals surface area (Å²) in [5.74, 6) is 1.70. The van der Waals surface area contributed by atoms with E-state index in [9.17, 15) is 4.79 Å². The van der Waals surface area contributed by atoms with Crippen molar-refractivity contribution in [3.05, 3.63) is 46.0 Å². The highest BCUT2D eigenvalue weighted by molar-refractivity contribution is 7.12. The Bertz CT molecular complexity index is 739. The second-order valence-electron chi connectivity index (χ2n) is 7.77. The summed E-state index contributed by atoms with van der Waals surface area (Å²) in [6, 6.07) is 5.95. The van der Waals surface area contributed by atoms with E-state index >= 15 is 0 Å². The number of carbonyl (C=O) groups is 1. The molecule has 0 aromatic carbocycles. The quantitative estimate of drug-likeness (QED) is 0.805. The Hall–Kier alpha value is -1.63. The lowest BCUT2D eigenvalue weighted by Gasteiger charge is -2.52. The van der Waals surface area contributed by atoms with Crippen LogP contribution >= 0.6 is 11.3 Å². The third kappa shape index (κ3) is 3.59. The summed E-state index contributed by atoms with van der Waals surface area (Å²) in [5.41, 5.74) is 0.974. The molecule has 4 rings (SSSR count). The maximum absolute atomic E-state index is 12.6. The smallest absolute Gasteiger partial charge is 0.264 e. The number of ether oxygens (including phenoxy) is 1. The third-order valence-corrected chi connectivity index (χ3v) is 6.52. The molecule has 140 valence electrons. The minimum absolute atomic E-state index is 0.100. The molecule has 2 aliphatic rings. The lowest BCUT2D eigenvalue weighted by Crippen LogP contribution is -2.66. The molecule has 2 aromatic heterocycles. The number of aryl methyl sites for hydroxylation is 1. The number of hydrogen-bond acceptors (Lipinski definition) is 5. The molecular formula is C20H26N2O3S.